The molecule has 2 aromatic carbocycles. The highest BCUT2D eigenvalue weighted by Crippen LogP contribution is 2.36. The van der Waals surface area contributed by atoms with Crippen LogP contribution in [0.1, 0.15) is 21.8 Å². The first-order chi connectivity index (χ1) is 14.5. The summed E-state index contributed by atoms with van der Waals surface area (Å²) in [6.45, 7) is 3.91. The number of rotatable bonds is 5. The van der Waals surface area contributed by atoms with Crippen LogP contribution < -0.4 is 11.1 Å². The molecule has 3 N–H and O–H groups in total. The predicted octanol–water partition coefficient (Wildman–Crippen LogP) is 2.45. The van der Waals surface area contributed by atoms with Gasteiger partial charge in [0.15, 0.2) is 0 Å². The van der Waals surface area contributed by atoms with E-state index in [0.717, 1.165) is 10.9 Å². The molecule has 0 saturated carbocycles. The monoisotopic (exact) mass is 400 g/mol. The Kier molecular flexibility index (Phi) is 5.02. The van der Waals surface area contributed by atoms with Gasteiger partial charge in [-0.1, -0.05) is 36.9 Å². The minimum atomic E-state index is -0.700. The Labute approximate surface area is 173 Å². The number of hydrogen-bond acceptors (Lipinski definition) is 4. The van der Waals surface area contributed by atoms with Gasteiger partial charge in [0, 0.05) is 29.6 Å². The van der Waals surface area contributed by atoms with Crippen molar-refractivity contribution in [1.82, 2.24) is 9.88 Å². The van der Waals surface area contributed by atoms with Crippen LogP contribution in [-0.2, 0) is 9.59 Å². The number of aromatic nitrogens is 1. The number of fused-ring (bicyclic) bond motifs is 1. The summed E-state index contributed by atoms with van der Waals surface area (Å²) in [4.78, 5) is 42.6. The number of nitrogens with one attached hydrogen (secondary N) is 1. The molecule has 1 aliphatic heterocycles. The fraction of sp³-hybridized carbons (Fsp3) is 0.130. The van der Waals surface area contributed by atoms with Crippen molar-refractivity contribution in [1.29, 1.82) is 0 Å². The number of amides is 3. The predicted molar refractivity (Wildman–Crippen MR) is 114 cm³/mol. The highest BCUT2D eigenvalue weighted by Gasteiger charge is 2.46. The molecule has 2 atom stereocenters. The van der Waals surface area contributed by atoms with Crippen LogP contribution in [0.4, 0.5) is 5.69 Å². The van der Waals surface area contributed by atoms with Gasteiger partial charge >= 0.3 is 0 Å². The molecule has 0 aliphatic carbocycles. The normalized spacial score (nSPS) is 17.8. The number of hydrogen-bond donors (Lipinski definition) is 2. The Hall–Kier alpha value is -4.00. The van der Waals surface area contributed by atoms with Gasteiger partial charge in [-0.25, -0.2) is 0 Å². The van der Waals surface area contributed by atoms with Gasteiger partial charge in [-0.2, -0.15) is 0 Å². The van der Waals surface area contributed by atoms with Crippen LogP contribution >= 0.6 is 0 Å². The Balaban J connectivity index is 1.63. The number of carbonyl (C=O) groups excluding carboxylic acids is 3. The van der Waals surface area contributed by atoms with E-state index in [2.05, 4.69) is 16.9 Å². The smallest absolute Gasteiger partial charge is 0.248 e. The third kappa shape index (κ3) is 3.41. The van der Waals surface area contributed by atoms with Crippen molar-refractivity contribution in [2.75, 3.05) is 11.9 Å². The van der Waals surface area contributed by atoms with E-state index in [1.807, 2.05) is 24.3 Å². The van der Waals surface area contributed by atoms with Crippen LogP contribution in [0.5, 0.6) is 0 Å². The number of carbonyl (C=O) groups is 3. The van der Waals surface area contributed by atoms with E-state index in [-0.39, 0.29) is 17.7 Å². The van der Waals surface area contributed by atoms with E-state index >= 15 is 0 Å². The molecule has 7 heteroatoms. The number of benzene rings is 2. The van der Waals surface area contributed by atoms with E-state index < -0.39 is 11.9 Å². The van der Waals surface area contributed by atoms with E-state index in [0.29, 0.717) is 23.3 Å². The molecule has 7 nitrogen and oxygen atoms in total. The number of pyridine rings is 1. The van der Waals surface area contributed by atoms with Crippen molar-refractivity contribution in [2.45, 2.75) is 12.0 Å². The summed E-state index contributed by atoms with van der Waals surface area (Å²) in [6, 6.07) is 15.4. The van der Waals surface area contributed by atoms with Crippen LogP contribution in [0.15, 0.2) is 73.4 Å². The molecule has 4 rings (SSSR count). The zero-order valence-corrected chi connectivity index (χ0v) is 16.1. The Morgan fingerprint density at radius 2 is 1.83 bits per heavy atom. The maximum atomic E-state index is 13.2. The molecular formula is C23H20N4O3. The fourth-order valence-electron chi connectivity index (χ4n) is 3.77. The zero-order valence-electron chi connectivity index (χ0n) is 16.1. The van der Waals surface area contributed by atoms with Gasteiger partial charge < -0.3 is 16.0 Å². The summed E-state index contributed by atoms with van der Waals surface area (Å²) in [6.07, 6.45) is 2.87. The van der Waals surface area contributed by atoms with Gasteiger partial charge in [-0.15, -0.1) is 0 Å². The maximum Gasteiger partial charge on any atom is 0.248 e. The van der Waals surface area contributed by atoms with Crippen LogP contribution in [0.2, 0.25) is 0 Å². The molecule has 0 bridgehead atoms. The molecule has 3 aromatic rings. The second-order valence-corrected chi connectivity index (χ2v) is 7.10. The van der Waals surface area contributed by atoms with Gasteiger partial charge in [0.05, 0.1) is 11.2 Å². The summed E-state index contributed by atoms with van der Waals surface area (Å²) in [5.41, 5.74) is 7.80. The maximum absolute atomic E-state index is 13.2. The third-order valence-corrected chi connectivity index (χ3v) is 5.35. The molecule has 2 heterocycles. The molecular weight excluding hydrogens is 380 g/mol. The van der Waals surface area contributed by atoms with Gasteiger partial charge in [0.2, 0.25) is 17.7 Å². The van der Waals surface area contributed by atoms with E-state index in [1.165, 1.54) is 11.0 Å². The highest BCUT2D eigenvalue weighted by atomic mass is 16.2. The lowest BCUT2D eigenvalue weighted by Crippen LogP contribution is -2.61. The molecule has 2 unspecified atom stereocenters. The van der Waals surface area contributed by atoms with Crippen LogP contribution in [0.25, 0.3) is 10.9 Å². The second kappa shape index (κ2) is 7.79. The Morgan fingerprint density at radius 3 is 2.53 bits per heavy atom. The van der Waals surface area contributed by atoms with Crippen molar-refractivity contribution in [3.63, 3.8) is 0 Å². The van der Waals surface area contributed by atoms with Gasteiger partial charge in [-0.05, 0) is 35.9 Å². The Morgan fingerprint density at radius 1 is 1.10 bits per heavy atom. The number of para-hydroxylation sites is 1. The number of anilines is 1. The van der Waals surface area contributed by atoms with E-state index in [9.17, 15) is 14.4 Å². The average Bonchev–Trinajstić information content (AvgIpc) is 2.73. The molecule has 1 aromatic heterocycles. The van der Waals surface area contributed by atoms with Gasteiger partial charge in [0.1, 0.15) is 6.04 Å². The minimum absolute atomic E-state index is 0.209. The molecule has 1 aliphatic rings. The number of nitrogens with zero attached hydrogens (tertiary/aromatic N) is 2. The molecule has 30 heavy (non-hydrogen) atoms. The zero-order chi connectivity index (χ0) is 21.3. The van der Waals surface area contributed by atoms with Crippen molar-refractivity contribution < 1.29 is 14.4 Å². The van der Waals surface area contributed by atoms with Crippen LogP contribution in [-0.4, -0.2) is 40.2 Å². The molecule has 0 radical (unpaired) electrons. The van der Waals surface area contributed by atoms with Gasteiger partial charge in [0.25, 0.3) is 0 Å². The minimum Gasteiger partial charge on any atom is -0.366 e. The van der Waals surface area contributed by atoms with Crippen LogP contribution in [0, 0.1) is 0 Å². The SMILES string of the molecule is C=CC(=O)N1CC(c2ccc(C(N)=O)cc2)C1C(=O)Nc1cccc2cccnc12. The fourth-order valence-corrected chi connectivity index (χ4v) is 3.77. The quantitative estimate of drug-likeness (QED) is 0.642. The van der Waals surface area contributed by atoms with Crippen molar-refractivity contribution in [3.8, 4) is 0 Å². The summed E-state index contributed by atoms with van der Waals surface area (Å²) in [5.74, 6) is -1.34. The first-order valence-corrected chi connectivity index (χ1v) is 9.47. The lowest BCUT2D eigenvalue weighted by Gasteiger charge is -2.46. The van der Waals surface area contributed by atoms with Crippen molar-refractivity contribution in [2.24, 2.45) is 5.73 Å². The highest BCUT2D eigenvalue weighted by molar-refractivity contribution is 6.05. The van der Waals surface area contributed by atoms with Gasteiger partial charge in [-0.3, -0.25) is 19.4 Å². The number of likely N-dealkylation sites (tertiary alicyclic amines) is 1. The lowest BCUT2D eigenvalue weighted by atomic mass is 9.81. The van der Waals surface area contributed by atoms with E-state index in [4.69, 9.17) is 5.73 Å². The first kappa shape index (κ1) is 19.3. The molecule has 1 saturated heterocycles. The molecule has 1 fully saturated rings. The summed E-state index contributed by atoms with van der Waals surface area (Å²) in [7, 11) is 0. The average molecular weight is 400 g/mol. The summed E-state index contributed by atoms with van der Waals surface area (Å²) in [5, 5.41) is 3.83. The number of primary amides is 1. The van der Waals surface area contributed by atoms with Crippen molar-refractivity contribution in [3.05, 3.63) is 84.6 Å². The third-order valence-electron chi connectivity index (χ3n) is 5.35. The summed E-state index contributed by atoms with van der Waals surface area (Å²) >= 11 is 0. The molecule has 0 spiro atoms. The largest absolute Gasteiger partial charge is 0.366 e. The van der Waals surface area contributed by atoms with E-state index in [1.54, 1.807) is 36.5 Å². The lowest BCUT2D eigenvalue weighted by molar-refractivity contribution is -0.143. The Bertz CT molecular complexity index is 1150. The topological polar surface area (TPSA) is 105 Å². The second-order valence-electron chi connectivity index (χ2n) is 7.10. The summed E-state index contributed by atoms with van der Waals surface area (Å²) < 4.78 is 0. The molecule has 150 valence electrons. The standard InChI is InChI=1S/C23H20N4O3/c1-2-19(28)27-13-17(14-8-10-16(11-9-14)22(24)29)21(27)23(30)26-18-7-3-5-15-6-4-12-25-20(15)18/h2-12,17,21H,1,13H2,(H2,24,29)(H,26,30). The molecule has 3 amide bonds. The van der Waals surface area contributed by atoms with Crippen molar-refractivity contribution >= 4 is 34.3 Å². The first-order valence-electron chi connectivity index (χ1n) is 9.47. The number of nitrogens with two attached hydrogens (primary N) is 1. The van der Waals surface area contributed by atoms with Crippen LogP contribution in [0.3, 0.4) is 0 Å².